The molecule has 1 aliphatic heterocycles. The number of allylic oxidation sites excluding steroid dienone is 7. The first-order valence-electron chi connectivity index (χ1n) is 5.34. The molecule has 1 heteroatoms. The lowest BCUT2D eigenvalue weighted by atomic mass is 10.0. The SMILES string of the molecule is CC(C)=C1\C=C/C=C\C=C(\C)C(C)/C=N\1. The van der Waals surface area contributed by atoms with Crippen LogP contribution in [-0.2, 0) is 0 Å². The van der Waals surface area contributed by atoms with Crippen molar-refractivity contribution < 1.29 is 0 Å². The van der Waals surface area contributed by atoms with Gasteiger partial charge in [0.15, 0.2) is 0 Å². The average Bonchev–Trinajstić information content (AvgIpc) is 2.20. The van der Waals surface area contributed by atoms with E-state index in [1.807, 2.05) is 24.4 Å². The summed E-state index contributed by atoms with van der Waals surface area (Å²) >= 11 is 0. The van der Waals surface area contributed by atoms with E-state index in [4.69, 9.17) is 0 Å². The van der Waals surface area contributed by atoms with E-state index in [0.29, 0.717) is 5.92 Å². The first-order chi connectivity index (χ1) is 7.11. The number of hydrogen-bond donors (Lipinski definition) is 0. The van der Waals surface area contributed by atoms with Gasteiger partial charge in [0.2, 0.25) is 0 Å². The van der Waals surface area contributed by atoms with Gasteiger partial charge in [-0.1, -0.05) is 42.4 Å². The molecule has 0 spiro atoms. The average molecular weight is 201 g/mol. The van der Waals surface area contributed by atoms with Gasteiger partial charge in [0.1, 0.15) is 0 Å². The Balaban J connectivity index is 3.05. The fraction of sp³-hybridized carbons (Fsp3) is 0.357. The maximum Gasteiger partial charge on any atom is 0.0612 e. The Morgan fingerprint density at radius 1 is 1.20 bits per heavy atom. The van der Waals surface area contributed by atoms with Crippen molar-refractivity contribution in [1.82, 2.24) is 0 Å². The fourth-order valence-electron chi connectivity index (χ4n) is 1.22. The molecule has 0 aromatic rings. The predicted octanol–water partition coefficient (Wildman–Crippen LogP) is 4.06. The van der Waals surface area contributed by atoms with Gasteiger partial charge in [-0.15, -0.1) is 0 Å². The molecule has 0 aromatic carbocycles. The van der Waals surface area contributed by atoms with Crippen LogP contribution in [0.5, 0.6) is 0 Å². The molecular formula is C14H19N. The van der Waals surface area contributed by atoms with Gasteiger partial charge in [-0.2, -0.15) is 0 Å². The molecule has 1 aliphatic rings. The van der Waals surface area contributed by atoms with E-state index in [-0.39, 0.29) is 0 Å². The van der Waals surface area contributed by atoms with Crippen LogP contribution in [0.25, 0.3) is 0 Å². The number of nitrogens with zero attached hydrogens (tertiary/aromatic N) is 1. The normalized spacial score (nSPS) is 31.3. The highest BCUT2D eigenvalue weighted by atomic mass is 14.7. The molecule has 0 saturated carbocycles. The van der Waals surface area contributed by atoms with Crippen LogP contribution in [0.2, 0.25) is 0 Å². The smallest absolute Gasteiger partial charge is 0.0612 e. The lowest BCUT2D eigenvalue weighted by Crippen LogP contribution is -1.98. The predicted molar refractivity (Wildman–Crippen MR) is 68.1 cm³/mol. The Kier molecular flexibility index (Phi) is 4.29. The molecule has 1 atom stereocenters. The highest BCUT2D eigenvalue weighted by Gasteiger charge is 2.00. The van der Waals surface area contributed by atoms with Crippen molar-refractivity contribution in [1.29, 1.82) is 0 Å². The van der Waals surface area contributed by atoms with Gasteiger partial charge >= 0.3 is 0 Å². The van der Waals surface area contributed by atoms with Crippen LogP contribution in [-0.4, -0.2) is 6.21 Å². The molecule has 0 N–H and O–H groups in total. The van der Waals surface area contributed by atoms with Crippen LogP contribution in [0.1, 0.15) is 27.7 Å². The summed E-state index contributed by atoms with van der Waals surface area (Å²) in [7, 11) is 0. The van der Waals surface area contributed by atoms with E-state index >= 15 is 0 Å². The third kappa shape index (κ3) is 3.70. The van der Waals surface area contributed by atoms with E-state index in [1.54, 1.807) is 0 Å². The highest BCUT2D eigenvalue weighted by Crippen LogP contribution is 2.12. The fourth-order valence-corrected chi connectivity index (χ4v) is 1.22. The molecule has 0 amide bonds. The quantitative estimate of drug-likeness (QED) is 0.560. The van der Waals surface area contributed by atoms with Crippen molar-refractivity contribution in [2.75, 3.05) is 0 Å². The van der Waals surface area contributed by atoms with Crippen LogP contribution < -0.4 is 0 Å². The minimum Gasteiger partial charge on any atom is -0.261 e. The Hall–Kier alpha value is -1.37. The Morgan fingerprint density at radius 2 is 1.93 bits per heavy atom. The van der Waals surface area contributed by atoms with Crippen molar-refractivity contribution in [3.8, 4) is 0 Å². The van der Waals surface area contributed by atoms with Gasteiger partial charge in [0.25, 0.3) is 0 Å². The Morgan fingerprint density at radius 3 is 2.60 bits per heavy atom. The third-order valence-electron chi connectivity index (χ3n) is 2.50. The topological polar surface area (TPSA) is 12.4 Å². The van der Waals surface area contributed by atoms with Crippen LogP contribution in [0.3, 0.4) is 0 Å². The van der Waals surface area contributed by atoms with E-state index in [2.05, 4.69) is 44.8 Å². The molecule has 1 rings (SSSR count). The van der Waals surface area contributed by atoms with Gasteiger partial charge in [0.05, 0.1) is 5.70 Å². The minimum atomic E-state index is 0.399. The maximum absolute atomic E-state index is 4.51. The summed E-state index contributed by atoms with van der Waals surface area (Å²) in [6.07, 6.45) is 12.3. The molecule has 1 nitrogen and oxygen atoms in total. The van der Waals surface area contributed by atoms with Gasteiger partial charge in [0, 0.05) is 12.1 Å². The summed E-state index contributed by atoms with van der Waals surface area (Å²) in [6.45, 7) is 8.46. The van der Waals surface area contributed by atoms with Crippen molar-refractivity contribution in [2.45, 2.75) is 27.7 Å². The van der Waals surface area contributed by atoms with Crippen molar-refractivity contribution >= 4 is 6.21 Å². The van der Waals surface area contributed by atoms with Crippen LogP contribution in [0.4, 0.5) is 0 Å². The molecule has 1 unspecified atom stereocenters. The second-order valence-corrected chi connectivity index (χ2v) is 4.11. The second-order valence-electron chi connectivity index (χ2n) is 4.11. The van der Waals surface area contributed by atoms with Gasteiger partial charge in [-0.25, -0.2) is 0 Å². The molecule has 0 bridgehead atoms. The molecule has 15 heavy (non-hydrogen) atoms. The number of rotatable bonds is 0. The van der Waals surface area contributed by atoms with Crippen LogP contribution in [0, 0.1) is 5.92 Å². The highest BCUT2D eigenvalue weighted by molar-refractivity contribution is 5.66. The Labute approximate surface area is 92.6 Å². The summed E-state index contributed by atoms with van der Waals surface area (Å²) in [5, 5.41) is 0. The van der Waals surface area contributed by atoms with Gasteiger partial charge < -0.3 is 0 Å². The largest absolute Gasteiger partial charge is 0.261 e. The van der Waals surface area contributed by atoms with E-state index in [1.165, 1.54) is 11.1 Å². The summed E-state index contributed by atoms with van der Waals surface area (Å²) in [4.78, 5) is 4.51. The summed E-state index contributed by atoms with van der Waals surface area (Å²) < 4.78 is 0. The zero-order chi connectivity index (χ0) is 11.3. The zero-order valence-corrected chi connectivity index (χ0v) is 9.99. The molecule has 0 aromatic heterocycles. The van der Waals surface area contributed by atoms with Gasteiger partial charge in [-0.3, -0.25) is 4.99 Å². The summed E-state index contributed by atoms with van der Waals surface area (Å²) in [5.41, 5.74) is 3.63. The monoisotopic (exact) mass is 201 g/mol. The second kappa shape index (κ2) is 5.50. The third-order valence-corrected chi connectivity index (χ3v) is 2.50. The molecule has 0 radical (unpaired) electrons. The Bertz CT molecular complexity index is 361. The van der Waals surface area contributed by atoms with Gasteiger partial charge in [-0.05, 0) is 26.8 Å². The zero-order valence-electron chi connectivity index (χ0n) is 9.99. The lowest BCUT2D eigenvalue weighted by molar-refractivity contribution is 0.932. The van der Waals surface area contributed by atoms with Crippen LogP contribution in [0.15, 0.2) is 52.2 Å². The van der Waals surface area contributed by atoms with E-state index < -0.39 is 0 Å². The van der Waals surface area contributed by atoms with Crippen molar-refractivity contribution in [2.24, 2.45) is 10.9 Å². The summed E-state index contributed by atoms with van der Waals surface area (Å²) in [5.74, 6) is 0.399. The first kappa shape index (κ1) is 11.7. The maximum atomic E-state index is 4.51. The molecule has 1 heterocycles. The lowest BCUT2D eigenvalue weighted by Gasteiger charge is -2.06. The number of hydrogen-bond acceptors (Lipinski definition) is 1. The van der Waals surface area contributed by atoms with E-state index in [9.17, 15) is 0 Å². The molecule has 80 valence electrons. The van der Waals surface area contributed by atoms with Crippen molar-refractivity contribution in [3.05, 3.63) is 47.2 Å². The summed E-state index contributed by atoms with van der Waals surface area (Å²) in [6, 6.07) is 0. The minimum absolute atomic E-state index is 0.399. The van der Waals surface area contributed by atoms with E-state index in [0.717, 1.165) is 5.70 Å². The molecule has 0 saturated heterocycles. The molecule has 0 fully saturated rings. The molecular weight excluding hydrogens is 182 g/mol. The van der Waals surface area contributed by atoms with Crippen molar-refractivity contribution in [3.63, 3.8) is 0 Å². The van der Waals surface area contributed by atoms with Crippen LogP contribution >= 0.6 is 0 Å². The molecule has 0 aliphatic carbocycles. The standard InChI is InChI=1S/C14H19N/c1-11(2)14-9-7-5-6-8-12(3)13(4)10-15-14/h5-10,13H,1-4H3/b6-5-,9-7-,12-8-,15-10-. The number of aliphatic imine (C=N–C) groups is 1. The first-order valence-corrected chi connectivity index (χ1v) is 5.34.